The average molecular weight is 434 g/mol. The van der Waals surface area contributed by atoms with Crippen LogP contribution in [-0.2, 0) is 14.3 Å². The van der Waals surface area contributed by atoms with Crippen LogP contribution >= 0.6 is 11.3 Å². The summed E-state index contributed by atoms with van der Waals surface area (Å²) in [6, 6.07) is 6.25. The van der Waals surface area contributed by atoms with Gasteiger partial charge in [-0.3, -0.25) is 9.59 Å². The van der Waals surface area contributed by atoms with Gasteiger partial charge in [-0.1, -0.05) is 0 Å². The van der Waals surface area contributed by atoms with Crippen molar-refractivity contribution in [3.05, 3.63) is 46.1 Å². The number of hydrogen-bond donors (Lipinski definition) is 1. The number of amides is 2. The number of thiophene rings is 1. The Labute approximate surface area is 178 Å². The summed E-state index contributed by atoms with van der Waals surface area (Å²) in [6.07, 6.45) is 0. The van der Waals surface area contributed by atoms with E-state index in [1.807, 2.05) is 6.92 Å². The van der Waals surface area contributed by atoms with E-state index >= 15 is 0 Å². The van der Waals surface area contributed by atoms with E-state index in [0.29, 0.717) is 36.7 Å². The van der Waals surface area contributed by atoms with E-state index in [1.165, 1.54) is 30.4 Å². The van der Waals surface area contributed by atoms with Crippen molar-refractivity contribution in [2.45, 2.75) is 20.8 Å². The van der Waals surface area contributed by atoms with E-state index in [9.17, 15) is 18.8 Å². The number of esters is 1. The molecule has 9 heteroatoms. The Morgan fingerprint density at radius 2 is 1.73 bits per heavy atom. The quantitative estimate of drug-likeness (QED) is 0.734. The number of nitrogens with zero attached hydrogens (tertiary/aromatic N) is 2. The van der Waals surface area contributed by atoms with E-state index in [-0.39, 0.29) is 24.2 Å². The summed E-state index contributed by atoms with van der Waals surface area (Å²) in [5, 5.41) is 3.08. The topological polar surface area (TPSA) is 78.9 Å². The molecular formula is C21H24FN3O4S. The molecule has 1 aromatic heterocycles. The average Bonchev–Trinajstić information content (AvgIpc) is 2.99. The normalized spacial score (nSPS) is 13.9. The van der Waals surface area contributed by atoms with Crippen LogP contribution in [0.5, 0.6) is 0 Å². The molecule has 0 aliphatic carbocycles. The van der Waals surface area contributed by atoms with Gasteiger partial charge in [-0.15, -0.1) is 11.3 Å². The number of benzene rings is 1. The lowest BCUT2D eigenvalue weighted by molar-refractivity contribution is -0.134. The van der Waals surface area contributed by atoms with Crippen LogP contribution in [-0.4, -0.2) is 55.5 Å². The van der Waals surface area contributed by atoms with Crippen molar-refractivity contribution < 1.29 is 23.5 Å². The molecule has 160 valence electrons. The molecule has 0 spiro atoms. The minimum absolute atomic E-state index is 0.271. The van der Waals surface area contributed by atoms with Crippen molar-refractivity contribution in [1.82, 2.24) is 4.90 Å². The summed E-state index contributed by atoms with van der Waals surface area (Å²) in [5.41, 5.74) is 1.93. The first-order valence-electron chi connectivity index (χ1n) is 9.59. The molecule has 0 unspecified atom stereocenters. The highest BCUT2D eigenvalue weighted by Crippen LogP contribution is 2.33. The minimum atomic E-state index is -0.626. The van der Waals surface area contributed by atoms with E-state index in [0.717, 1.165) is 16.1 Å². The maximum absolute atomic E-state index is 13.1. The zero-order valence-corrected chi connectivity index (χ0v) is 18.0. The predicted molar refractivity (Wildman–Crippen MR) is 114 cm³/mol. The molecule has 1 aliphatic heterocycles. The van der Waals surface area contributed by atoms with Gasteiger partial charge in [-0.05, 0) is 43.7 Å². The van der Waals surface area contributed by atoms with Crippen LogP contribution in [0.15, 0.2) is 24.3 Å². The van der Waals surface area contributed by atoms with E-state index in [1.54, 1.807) is 24.0 Å². The van der Waals surface area contributed by atoms with Crippen LogP contribution in [0.25, 0.3) is 0 Å². The third kappa shape index (κ3) is 4.96. The van der Waals surface area contributed by atoms with Crippen molar-refractivity contribution in [1.29, 1.82) is 0 Å². The molecule has 7 nitrogen and oxygen atoms in total. The molecule has 0 radical (unpaired) electrons. The summed E-state index contributed by atoms with van der Waals surface area (Å²) in [7, 11) is 0. The fourth-order valence-electron chi connectivity index (χ4n) is 3.28. The third-order valence-corrected chi connectivity index (χ3v) is 6.15. The van der Waals surface area contributed by atoms with Gasteiger partial charge in [0, 0.05) is 43.7 Å². The molecule has 0 atom stereocenters. The molecular weight excluding hydrogens is 409 g/mol. The smallest absolute Gasteiger partial charge is 0.341 e. The zero-order valence-electron chi connectivity index (χ0n) is 17.2. The van der Waals surface area contributed by atoms with Crippen molar-refractivity contribution in [2.24, 2.45) is 0 Å². The Bertz CT molecular complexity index is 950. The van der Waals surface area contributed by atoms with Crippen LogP contribution in [0.4, 0.5) is 15.1 Å². The van der Waals surface area contributed by atoms with Gasteiger partial charge < -0.3 is 19.9 Å². The highest BCUT2D eigenvalue weighted by Gasteiger charge is 2.25. The Hall–Kier alpha value is -2.94. The summed E-state index contributed by atoms with van der Waals surface area (Å²) in [6.45, 7) is 6.85. The third-order valence-electron chi connectivity index (χ3n) is 5.03. The summed E-state index contributed by atoms with van der Waals surface area (Å²) in [5.74, 6) is -1.46. The number of carbonyl (C=O) groups excluding carboxylic acids is 3. The number of rotatable bonds is 5. The highest BCUT2D eigenvalue weighted by atomic mass is 32.1. The number of hydrogen-bond acceptors (Lipinski definition) is 6. The predicted octanol–water partition coefficient (Wildman–Crippen LogP) is 2.97. The standard InChI is InChI=1S/C21H24FN3O4S/c1-13-14(2)30-20(23-15(3)26)19(13)21(28)29-12-18(27)25-10-8-24(9-11-25)17-6-4-16(22)5-7-17/h4-7H,8-12H2,1-3H3,(H,23,26). The first-order chi connectivity index (χ1) is 14.3. The number of piperazine rings is 1. The molecule has 0 bridgehead atoms. The lowest BCUT2D eigenvalue weighted by Crippen LogP contribution is -2.49. The molecule has 3 rings (SSSR count). The molecule has 1 aromatic carbocycles. The largest absolute Gasteiger partial charge is 0.452 e. The second-order valence-corrected chi connectivity index (χ2v) is 8.31. The SMILES string of the molecule is CC(=O)Nc1sc(C)c(C)c1C(=O)OCC(=O)N1CCN(c2ccc(F)cc2)CC1. The van der Waals surface area contributed by atoms with Gasteiger partial charge in [0.25, 0.3) is 5.91 Å². The Kier molecular flexibility index (Phi) is 6.71. The van der Waals surface area contributed by atoms with Crippen LogP contribution in [0.3, 0.4) is 0 Å². The lowest BCUT2D eigenvalue weighted by Gasteiger charge is -2.36. The van der Waals surface area contributed by atoms with Gasteiger partial charge in [0.05, 0.1) is 5.56 Å². The van der Waals surface area contributed by atoms with Crippen molar-refractivity contribution in [3.63, 3.8) is 0 Å². The molecule has 1 aliphatic rings. The second kappa shape index (κ2) is 9.25. The summed E-state index contributed by atoms with van der Waals surface area (Å²) < 4.78 is 18.3. The van der Waals surface area contributed by atoms with Gasteiger partial charge in [0.15, 0.2) is 6.61 Å². The zero-order chi connectivity index (χ0) is 21.8. The van der Waals surface area contributed by atoms with Gasteiger partial charge in [0.2, 0.25) is 5.91 Å². The summed E-state index contributed by atoms with van der Waals surface area (Å²) >= 11 is 1.30. The number of anilines is 2. The van der Waals surface area contributed by atoms with Crippen molar-refractivity contribution >= 4 is 39.8 Å². The number of carbonyl (C=O) groups is 3. The second-order valence-electron chi connectivity index (χ2n) is 7.09. The minimum Gasteiger partial charge on any atom is -0.452 e. The first-order valence-corrected chi connectivity index (χ1v) is 10.4. The van der Waals surface area contributed by atoms with E-state index < -0.39 is 5.97 Å². The maximum Gasteiger partial charge on any atom is 0.341 e. The number of ether oxygens (including phenoxy) is 1. The fourth-order valence-corrected chi connectivity index (χ4v) is 4.37. The van der Waals surface area contributed by atoms with Gasteiger partial charge in [-0.25, -0.2) is 9.18 Å². The monoisotopic (exact) mass is 433 g/mol. The maximum atomic E-state index is 13.1. The Morgan fingerprint density at radius 1 is 1.10 bits per heavy atom. The number of nitrogens with one attached hydrogen (secondary N) is 1. The van der Waals surface area contributed by atoms with Crippen LogP contribution < -0.4 is 10.2 Å². The Morgan fingerprint density at radius 3 is 2.33 bits per heavy atom. The molecule has 30 heavy (non-hydrogen) atoms. The van der Waals surface area contributed by atoms with Crippen molar-refractivity contribution in [2.75, 3.05) is 43.0 Å². The molecule has 2 aromatic rings. The van der Waals surface area contributed by atoms with Crippen LogP contribution in [0.2, 0.25) is 0 Å². The Balaban J connectivity index is 1.54. The van der Waals surface area contributed by atoms with Gasteiger partial charge in [-0.2, -0.15) is 0 Å². The number of halogens is 1. The van der Waals surface area contributed by atoms with Gasteiger partial charge in [0.1, 0.15) is 10.8 Å². The molecule has 2 heterocycles. The molecule has 1 fully saturated rings. The highest BCUT2D eigenvalue weighted by molar-refractivity contribution is 7.16. The van der Waals surface area contributed by atoms with Crippen LogP contribution in [0.1, 0.15) is 27.7 Å². The number of aryl methyl sites for hydroxylation is 1. The molecule has 0 saturated carbocycles. The first kappa shape index (κ1) is 21.8. The van der Waals surface area contributed by atoms with E-state index in [4.69, 9.17) is 4.74 Å². The van der Waals surface area contributed by atoms with E-state index in [2.05, 4.69) is 10.2 Å². The lowest BCUT2D eigenvalue weighted by atomic mass is 10.1. The fraction of sp³-hybridized carbons (Fsp3) is 0.381. The summed E-state index contributed by atoms with van der Waals surface area (Å²) in [4.78, 5) is 41.1. The van der Waals surface area contributed by atoms with Crippen LogP contribution in [0, 0.1) is 19.7 Å². The molecule has 2 amide bonds. The van der Waals surface area contributed by atoms with Crippen molar-refractivity contribution in [3.8, 4) is 0 Å². The molecule has 1 N–H and O–H groups in total. The van der Waals surface area contributed by atoms with Gasteiger partial charge >= 0.3 is 5.97 Å². The molecule has 1 saturated heterocycles.